The lowest BCUT2D eigenvalue weighted by Crippen LogP contribution is -2.22. The Bertz CT molecular complexity index is 841. The molecule has 3 aromatic rings. The minimum atomic E-state index is -0.338. The average Bonchev–Trinajstić information content (AvgIpc) is 3.04. The van der Waals surface area contributed by atoms with Gasteiger partial charge in [0.2, 0.25) is 11.0 Å². The van der Waals surface area contributed by atoms with E-state index in [9.17, 15) is 4.79 Å². The van der Waals surface area contributed by atoms with Gasteiger partial charge in [-0.3, -0.25) is 4.79 Å². The molecule has 2 heterocycles. The van der Waals surface area contributed by atoms with Crippen molar-refractivity contribution >= 4 is 57.2 Å². The first-order valence-electron chi connectivity index (χ1n) is 7.35. The Kier molecular flexibility index (Phi) is 5.85. The Morgan fingerprint density at radius 1 is 1.20 bits per heavy atom. The molecule has 0 aliphatic rings. The number of halogens is 1. The largest absolute Gasteiger partial charge is 0.330 e. The van der Waals surface area contributed by atoms with E-state index in [4.69, 9.17) is 11.6 Å². The Hall–Kier alpha value is -2.16. The van der Waals surface area contributed by atoms with E-state index in [0.29, 0.717) is 20.3 Å². The summed E-state index contributed by atoms with van der Waals surface area (Å²) in [6.07, 6.45) is 1.49. The molecule has 0 aliphatic heterocycles. The van der Waals surface area contributed by atoms with Gasteiger partial charge in [0.05, 0.1) is 10.3 Å². The zero-order valence-corrected chi connectivity index (χ0v) is 15.5. The summed E-state index contributed by atoms with van der Waals surface area (Å²) in [7, 11) is 0. The van der Waals surface area contributed by atoms with E-state index in [2.05, 4.69) is 25.8 Å². The minimum absolute atomic E-state index is 0.160. The molecule has 6 nitrogen and oxygen atoms in total. The second kappa shape index (κ2) is 8.28. The third-order valence-corrected chi connectivity index (χ3v) is 5.30. The van der Waals surface area contributed by atoms with Crippen LogP contribution in [0.25, 0.3) is 0 Å². The molecule has 0 radical (unpaired) electrons. The van der Waals surface area contributed by atoms with E-state index in [-0.39, 0.29) is 11.2 Å². The Morgan fingerprint density at radius 2 is 2.00 bits per heavy atom. The van der Waals surface area contributed by atoms with E-state index in [1.165, 1.54) is 29.3 Å². The van der Waals surface area contributed by atoms with E-state index >= 15 is 0 Å². The van der Waals surface area contributed by atoms with Crippen molar-refractivity contribution in [3.05, 3.63) is 53.7 Å². The van der Waals surface area contributed by atoms with Gasteiger partial charge in [0.15, 0.2) is 4.34 Å². The maximum Gasteiger partial charge on any atom is 0.238 e. The molecule has 1 atom stereocenters. The summed E-state index contributed by atoms with van der Waals surface area (Å²) in [4.78, 5) is 16.3. The highest BCUT2D eigenvalue weighted by Gasteiger charge is 2.17. The highest BCUT2D eigenvalue weighted by molar-refractivity contribution is 8.02. The monoisotopic (exact) mass is 391 g/mol. The van der Waals surface area contributed by atoms with Crippen LogP contribution < -0.4 is 10.6 Å². The number of hydrogen-bond acceptors (Lipinski definition) is 7. The quantitative estimate of drug-likeness (QED) is 0.604. The van der Waals surface area contributed by atoms with Crippen molar-refractivity contribution < 1.29 is 4.79 Å². The molecule has 0 spiro atoms. The number of hydrogen-bond donors (Lipinski definition) is 2. The standard InChI is InChI=1S/C16H14ClN5OS2/c1-10(14(23)20-13-8-7-11(17)9-18-13)24-16-22-21-15(25-16)19-12-5-3-2-4-6-12/h2-10H,1H3,(H,19,21)(H,18,20,23)/t10-/m1/s1. The van der Waals surface area contributed by atoms with Gasteiger partial charge < -0.3 is 10.6 Å². The zero-order chi connectivity index (χ0) is 17.6. The second-order valence-electron chi connectivity index (χ2n) is 4.98. The van der Waals surface area contributed by atoms with Gasteiger partial charge in [0.25, 0.3) is 0 Å². The number of rotatable bonds is 6. The molecular formula is C16H14ClN5OS2. The summed E-state index contributed by atoms with van der Waals surface area (Å²) in [6.45, 7) is 1.81. The van der Waals surface area contributed by atoms with Crippen LogP contribution in [0.2, 0.25) is 5.02 Å². The Labute approximate surface area is 158 Å². The third-order valence-electron chi connectivity index (χ3n) is 3.06. The van der Waals surface area contributed by atoms with Gasteiger partial charge in [-0.25, -0.2) is 4.98 Å². The summed E-state index contributed by atoms with van der Waals surface area (Å²) in [5.41, 5.74) is 0.940. The van der Waals surface area contributed by atoms with Crippen molar-refractivity contribution in [1.29, 1.82) is 0 Å². The maximum atomic E-state index is 12.2. The zero-order valence-electron chi connectivity index (χ0n) is 13.1. The van der Waals surface area contributed by atoms with Gasteiger partial charge in [0.1, 0.15) is 5.82 Å². The lowest BCUT2D eigenvalue weighted by Gasteiger charge is -2.09. The molecule has 0 bridgehead atoms. The highest BCUT2D eigenvalue weighted by atomic mass is 35.5. The van der Waals surface area contributed by atoms with Crippen molar-refractivity contribution in [1.82, 2.24) is 15.2 Å². The first kappa shape index (κ1) is 17.7. The molecule has 0 aliphatic carbocycles. The van der Waals surface area contributed by atoms with Crippen molar-refractivity contribution in [2.24, 2.45) is 0 Å². The van der Waals surface area contributed by atoms with Gasteiger partial charge in [-0.15, -0.1) is 10.2 Å². The molecule has 0 saturated carbocycles. The van der Waals surface area contributed by atoms with Crippen LogP contribution in [0.1, 0.15) is 6.92 Å². The topological polar surface area (TPSA) is 79.8 Å². The summed E-state index contributed by atoms with van der Waals surface area (Å²) < 4.78 is 0.713. The molecule has 0 unspecified atom stereocenters. The van der Waals surface area contributed by atoms with Crippen LogP contribution in [0, 0.1) is 0 Å². The van der Waals surface area contributed by atoms with Crippen LogP contribution >= 0.6 is 34.7 Å². The number of carbonyl (C=O) groups is 1. The molecule has 2 aromatic heterocycles. The SMILES string of the molecule is C[C@@H](Sc1nnc(Nc2ccccc2)s1)C(=O)Nc1ccc(Cl)cn1. The van der Waals surface area contributed by atoms with Crippen LogP contribution in [-0.4, -0.2) is 26.3 Å². The fourth-order valence-electron chi connectivity index (χ4n) is 1.84. The molecule has 1 aromatic carbocycles. The number of anilines is 3. The summed E-state index contributed by atoms with van der Waals surface area (Å²) >= 11 is 8.52. The Balaban J connectivity index is 1.56. The van der Waals surface area contributed by atoms with Gasteiger partial charge in [-0.05, 0) is 31.2 Å². The lowest BCUT2D eigenvalue weighted by molar-refractivity contribution is -0.115. The van der Waals surface area contributed by atoms with Crippen molar-refractivity contribution in [3.63, 3.8) is 0 Å². The third kappa shape index (κ3) is 5.15. The average molecular weight is 392 g/mol. The molecule has 0 saturated heterocycles. The van der Waals surface area contributed by atoms with Crippen molar-refractivity contribution in [2.45, 2.75) is 16.5 Å². The van der Waals surface area contributed by atoms with Crippen molar-refractivity contribution in [2.75, 3.05) is 10.6 Å². The summed E-state index contributed by atoms with van der Waals surface area (Å²) in [6, 6.07) is 13.1. The molecule has 3 rings (SSSR count). The number of aromatic nitrogens is 3. The number of nitrogens with one attached hydrogen (secondary N) is 2. The molecule has 9 heteroatoms. The molecule has 1 amide bonds. The molecular weight excluding hydrogens is 378 g/mol. The first-order chi connectivity index (χ1) is 12.1. The highest BCUT2D eigenvalue weighted by Crippen LogP contribution is 2.30. The summed E-state index contributed by atoms with van der Waals surface area (Å²) in [5, 5.41) is 15.0. The second-order valence-corrected chi connectivity index (χ2v) is 7.98. The van der Waals surface area contributed by atoms with Gasteiger partial charge >= 0.3 is 0 Å². The number of benzene rings is 1. The normalized spacial score (nSPS) is 11.8. The van der Waals surface area contributed by atoms with Gasteiger partial charge in [0, 0.05) is 11.9 Å². The summed E-state index contributed by atoms with van der Waals surface area (Å²) in [5.74, 6) is 0.304. The molecule has 25 heavy (non-hydrogen) atoms. The Morgan fingerprint density at radius 3 is 2.72 bits per heavy atom. The molecule has 128 valence electrons. The number of amides is 1. The van der Waals surface area contributed by atoms with Crippen LogP contribution in [0.4, 0.5) is 16.6 Å². The van der Waals surface area contributed by atoms with Crippen LogP contribution in [-0.2, 0) is 4.79 Å². The minimum Gasteiger partial charge on any atom is -0.330 e. The number of para-hydroxylation sites is 1. The first-order valence-corrected chi connectivity index (χ1v) is 9.42. The van der Waals surface area contributed by atoms with E-state index in [1.807, 2.05) is 37.3 Å². The van der Waals surface area contributed by atoms with Crippen LogP contribution in [0.5, 0.6) is 0 Å². The smallest absolute Gasteiger partial charge is 0.238 e. The predicted molar refractivity (Wildman–Crippen MR) is 103 cm³/mol. The fraction of sp³-hybridized carbons (Fsp3) is 0.125. The predicted octanol–water partition coefficient (Wildman–Crippen LogP) is 4.45. The lowest BCUT2D eigenvalue weighted by atomic mass is 10.3. The van der Waals surface area contributed by atoms with E-state index < -0.39 is 0 Å². The van der Waals surface area contributed by atoms with Gasteiger partial charge in [-0.2, -0.15) is 0 Å². The number of carbonyl (C=O) groups excluding carboxylic acids is 1. The van der Waals surface area contributed by atoms with E-state index in [1.54, 1.807) is 12.1 Å². The van der Waals surface area contributed by atoms with Gasteiger partial charge in [-0.1, -0.05) is 52.9 Å². The molecule has 2 N–H and O–H groups in total. The van der Waals surface area contributed by atoms with Crippen LogP contribution in [0.15, 0.2) is 53.0 Å². The van der Waals surface area contributed by atoms with Crippen LogP contribution in [0.3, 0.4) is 0 Å². The number of thioether (sulfide) groups is 1. The van der Waals surface area contributed by atoms with Crippen molar-refractivity contribution in [3.8, 4) is 0 Å². The van der Waals surface area contributed by atoms with E-state index in [0.717, 1.165) is 5.69 Å². The molecule has 0 fully saturated rings. The fourth-order valence-corrected chi connectivity index (χ4v) is 3.86. The number of nitrogens with zero attached hydrogens (tertiary/aromatic N) is 3. The maximum absolute atomic E-state index is 12.2. The number of pyridine rings is 1.